The van der Waals surface area contributed by atoms with Crippen LogP contribution in [0.3, 0.4) is 0 Å². The zero-order valence-electron chi connectivity index (χ0n) is 10.6. The largest absolute Gasteiger partial charge is 0.480 e. The SMILES string of the molecule is CCC(C#N)N1CCN(C(CC)C(=O)O)CC1. The van der Waals surface area contributed by atoms with Gasteiger partial charge in [-0.15, -0.1) is 0 Å². The maximum Gasteiger partial charge on any atom is 0.320 e. The molecule has 1 saturated heterocycles. The fraction of sp³-hybridized carbons (Fsp3) is 0.833. The van der Waals surface area contributed by atoms with Crippen molar-refractivity contribution in [3.8, 4) is 6.07 Å². The molecule has 1 fully saturated rings. The molecule has 1 N–H and O–H groups in total. The van der Waals surface area contributed by atoms with Gasteiger partial charge in [0.1, 0.15) is 6.04 Å². The first-order valence-electron chi connectivity index (χ1n) is 6.24. The molecule has 0 spiro atoms. The predicted octanol–water partition coefficient (Wildman–Crippen LogP) is 0.769. The van der Waals surface area contributed by atoms with Crippen molar-refractivity contribution in [2.24, 2.45) is 0 Å². The van der Waals surface area contributed by atoms with Crippen LogP contribution in [0.2, 0.25) is 0 Å². The van der Waals surface area contributed by atoms with Crippen LogP contribution in [0.5, 0.6) is 0 Å². The molecule has 0 radical (unpaired) electrons. The lowest BCUT2D eigenvalue weighted by atomic mass is 10.1. The average molecular weight is 239 g/mol. The fourth-order valence-corrected chi connectivity index (χ4v) is 2.38. The fourth-order valence-electron chi connectivity index (χ4n) is 2.38. The Bertz CT molecular complexity index is 293. The van der Waals surface area contributed by atoms with Crippen molar-refractivity contribution in [1.82, 2.24) is 9.80 Å². The van der Waals surface area contributed by atoms with E-state index < -0.39 is 5.97 Å². The van der Waals surface area contributed by atoms with Gasteiger partial charge in [-0.3, -0.25) is 14.6 Å². The smallest absolute Gasteiger partial charge is 0.320 e. The van der Waals surface area contributed by atoms with E-state index in [1.165, 1.54) is 0 Å². The number of carbonyl (C=O) groups is 1. The standard InChI is InChI=1S/C12H21N3O2/c1-3-10(9-13)14-5-7-15(8-6-14)11(4-2)12(16)17/h10-11H,3-8H2,1-2H3,(H,16,17). The monoisotopic (exact) mass is 239 g/mol. The predicted molar refractivity (Wildman–Crippen MR) is 64.6 cm³/mol. The number of piperazine rings is 1. The molecule has 0 aromatic heterocycles. The molecule has 0 aromatic rings. The van der Waals surface area contributed by atoms with E-state index in [9.17, 15) is 4.79 Å². The molecule has 17 heavy (non-hydrogen) atoms. The lowest BCUT2D eigenvalue weighted by Gasteiger charge is -2.38. The summed E-state index contributed by atoms with van der Waals surface area (Å²) in [5.41, 5.74) is 0. The summed E-state index contributed by atoms with van der Waals surface area (Å²) in [5.74, 6) is -0.742. The zero-order valence-corrected chi connectivity index (χ0v) is 10.6. The van der Waals surface area contributed by atoms with Gasteiger partial charge in [0.15, 0.2) is 0 Å². The van der Waals surface area contributed by atoms with Crippen molar-refractivity contribution >= 4 is 5.97 Å². The van der Waals surface area contributed by atoms with Gasteiger partial charge in [-0.05, 0) is 12.8 Å². The molecule has 1 rings (SSSR count). The minimum atomic E-state index is -0.742. The van der Waals surface area contributed by atoms with Crippen molar-refractivity contribution < 1.29 is 9.90 Å². The van der Waals surface area contributed by atoms with Gasteiger partial charge in [0.25, 0.3) is 0 Å². The number of carboxylic acid groups (broad SMARTS) is 1. The normalized spacial score (nSPS) is 21.7. The van der Waals surface area contributed by atoms with Crippen molar-refractivity contribution in [2.45, 2.75) is 38.8 Å². The summed E-state index contributed by atoms with van der Waals surface area (Å²) in [6, 6.07) is 1.89. The molecule has 5 heteroatoms. The van der Waals surface area contributed by atoms with E-state index >= 15 is 0 Å². The molecule has 96 valence electrons. The first kappa shape index (κ1) is 13.9. The van der Waals surface area contributed by atoms with Gasteiger partial charge < -0.3 is 5.11 Å². The number of carboxylic acids is 1. The summed E-state index contributed by atoms with van der Waals surface area (Å²) >= 11 is 0. The second kappa shape index (κ2) is 6.58. The van der Waals surface area contributed by atoms with E-state index in [2.05, 4.69) is 11.0 Å². The van der Waals surface area contributed by atoms with E-state index in [1.54, 1.807) is 0 Å². The molecular weight excluding hydrogens is 218 g/mol. The van der Waals surface area contributed by atoms with Crippen LogP contribution in [0, 0.1) is 11.3 Å². The Morgan fingerprint density at radius 3 is 2.12 bits per heavy atom. The molecule has 1 aliphatic heterocycles. The highest BCUT2D eigenvalue weighted by Gasteiger charge is 2.29. The summed E-state index contributed by atoms with van der Waals surface area (Å²) in [7, 11) is 0. The van der Waals surface area contributed by atoms with Crippen LogP contribution >= 0.6 is 0 Å². The quantitative estimate of drug-likeness (QED) is 0.767. The van der Waals surface area contributed by atoms with Crippen LogP contribution in [-0.4, -0.2) is 59.1 Å². The molecule has 0 amide bonds. The van der Waals surface area contributed by atoms with Crippen molar-refractivity contribution in [3.05, 3.63) is 0 Å². The van der Waals surface area contributed by atoms with Crippen molar-refractivity contribution in [2.75, 3.05) is 26.2 Å². The minimum Gasteiger partial charge on any atom is -0.480 e. The molecule has 2 atom stereocenters. The van der Waals surface area contributed by atoms with Gasteiger partial charge in [-0.2, -0.15) is 5.26 Å². The van der Waals surface area contributed by atoms with Gasteiger partial charge in [0.05, 0.1) is 12.1 Å². The molecule has 0 aromatic carbocycles. The van der Waals surface area contributed by atoms with E-state index in [0.29, 0.717) is 6.42 Å². The van der Waals surface area contributed by atoms with Crippen LogP contribution in [0.1, 0.15) is 26.7 Å². The third-order valence-corrected chi connectivity index (χ3v) is 3.44. The maximum atomic E-state index is 11.0. The molecule has 2 unspecified atom stereocenters. The number of aliphatic carboxylic acids is 1. The number of nitrogens with zero attached hydrogens (tertiary/aromatic N) is 3. The van der Waals surface area contributed by atoms with Crippen LogP contribution in [-0.2, 0) is 4.79 Å². The highest BCUT2D eigenvalue weighted by molar-refractivity contribution is 5.73. The van der Waals surface area contributed by atoms with Crippen LogP contribution in [0.15, 0.2) is 0 Å². The molecule has 0 saturated carbocycles. The van der Waals surface area contributed by atoms with Crippen molar-refractivity contribution in [1.29, 1.82) is 5.26 Å². The van der Waals surface area contributed by atoms with Gasteiger partial charge in [0.2, 0.25) is 0 Å². The van der Waals surface area contributed by atoms with Gasteiger partial charge in [-0.1, -0.05) is 13.8 Å². The Morgan fingerprint density at radius 2 is 1.76 bits per heavy atom. The van der Waals surface area contributed by atoms with Crippen molar-refractivity contribution in [3.63, 3.8) is 0 Å². The summed E-state index contributed by atoms with van der Waals surface area (Å²) in [4.78, 5) is 15.2. The number of rotatable bonds is 5. The molecule has 1 aliphatic rings. The van der Waals surface area contributed by atoms with Gasteiger partial charge in [0, 0.05) is 26.2 Å². The third kappa shape index (κ3) is 3.42. The summed E-state index contributed by atoms with van der Waals surface area (Å²) in [6.07, 6.45) is 1.46. The van der Waals surface area contributed by atoms with Crippen LogP contribution in [0.25, 0.3) is 0 Å². The Morgan fingerprint density at radius 1 is 1.24 bits per heavy atom. The Labute approximate surface area is 103 Å². The first-order valence-corrected chi connectivity index (χ1v) is 6.24. The number of hydrogen-bond acceptors (Lipinski definition) is 4. The van der Waals surface area contributed by atoms with E-state index in [4.69, 9.17) is 10.4 Å². The van der Waals surface area contributed by atoms with E-state index in [0.717, 1.165) is 32.6 Å². The summed E-state index contributed by atoms with van der Waals surface area (Å²) < 4.78 is 0. The second-order valence-corrected chi connectivity index (χ2v) is 4.39. The highest BCUT2D eigenvalue weighted by atomic mass is 16.4. The number of hydrogen-bond donors (Lipinski definition) is 1. The summed E-state index contributed by atoms with van der Waals surface area (Å²) in [5, 5.41) is 18.1. The van der Waals surface area contributed by atoms with Crippen LogP contribution in [0.4, 0.5) is 0 Å². The average Bonchev–Trinajstić information content (AvgIpc) is 2.33. The Hall–Kier alpha value is -1.12. The van der Waals surface area contributed by atoms with E-state index in [-0.39, 0.29) is 12.1 Å². The van der Waals surface area contributed by atoms with Gasteiger partial charge in [-0.25, -0.2) is 0 Å². The first-order chi connectivity index (χ1) is 8.13. The zero-order chi connectivity index (χ0) is 12.8. The second-order valence-electron chi connectivity index (χ2n) is 4.39. The molecule has 0 aliphatic carbocycles. The lowest BCUT2D eigenvalue weighted by molar-refractivity contribution is -0.144. The topological polar surface area (TPSA) is 67.6 Å². The van der Waals surface area contributed by atoms with Crippen LogP contribution < -0.4 is 0 Å². The van der Waals surface area contributed by atoms with Gasteiger partial charge >= 0.3 is 5.97 Å². The molecule has 5 nitrogen and oxygen atoms in total. The lowest BCUT2D eigenvalue weighted by Crippen LogP contribution is -2.54. The molecule has 0 bridgehead atoms. The Kier molecular flexibility index (Phi) is 5.39. The maximum absolute atomic E-state index is 11.0. The molecular formula is C12H21N3O2. The summed E-state index contributed by atoms with van der Waals surface area (Å²) in [6.45, 7) is 6.96. The highest BCUT2D eigenvalue weighted by Crippen LogP contribution is 2.12. The minimum absolute atomic E-state index is 0.0259. The third-order valence-electron chi connectivity index (χ3n) is 3.44. The Balaban J connectivity index is 2.50. The number of nitriles is 1. The molecule has 1 heterocycles. The van der Waals surface area contributed by atoms with E-state index in [1.807, 2.05) is 18.7 Å².